The summed E-state index contributed by atoms with van der Waals surface area (Å²) in [4.78, 5) is 31.0. The van der Waals surface area contributed by atoms with Gasteiger partial charge in [0.1, 0.15) is 11.6 Å². The fourth-order valence-electron chi connectivity index (χ4n) is 4.77. The van der Waals surface area contributed by atoms with Crippen molar-refractivity contribution in [2.24, 2.45) is 0 Å². The van der Waals surface area contributed by atoms with E-state index < -0.39 is 0 Å². The molecule has 0 radical (unpaired) electrons. The maximum Gasteiger partial charge on any atom is 0.253 e. The fraction of sp³-hybridized carbons (Fsp3) is 0.393. The van der Waals surface area contributed by atoms with Crippen LogP contribution in [0.4, 0.5) is 15.9 Å². The third kappa shape index (κ3) is 6.22. The van der Waals surface area contributed by atoms with Crippen LogP contribution in [0, 0.1) is 12.7 Å². The molecule has 7 nitrogen and oxygen atoms in total. The Hall–Kier alpha value is -3.17. The monoisotopic (exact) mass is 520 g/mol. The first kappa shape index (κ1) is 25.5. The zero-order valence-electron chi connectivity index (χ0n) is 21.4. The second kappa shape index (κ2) is 11.5. The van der Waals surface area contributed by atoms with E-state index in [9.17, 15) is 9.18 Å². The van der Waals surface area contributed by atoms with E-state index in [1.54, 1.807) is 17.8 Å². The number of carbonyl (C=O) groups excluding carboxylic acids is 1. The third-order valence-corrected chi connectivity index (χ3v) is 7.87. The Morgan fingerprint density at radius 1 is 0.892 bits per heavy atom. The number of benzene rings is 2. The van der Waals surface area contributed by atoms with Crippen molar-refractivity contribution in [1.82, 2.24) is 19.8 Å². The maximum absolute atomic E-state index is 14.2. The Bertz CT molecular complexity index is 1240. The number of halogens is 1. The average molecular weight is 521 g/mol. The van der Waals surface area contributed by atoms with Gasteiger partial charge < -0.3 is 19.6 Å². The van der Waals surface area contributed by atoms with Gasteiger partial charge in [0.25, 0.3) is 5.91 Å². The first-order chi connectivity index (χ1) is 18.0. The number of hydrogen-bond acceptors (Lipinski definition) is 7. The van der Waals surface area contributed by atoms with E-state index in [0.29, 0.717) is 11.4 Å². The van der Waals surface area contributed by atoms with Gasteiger partial charge in [0, 0.05) is 75.4 Å². The number of rotatable bonds is 6. The molecular formula is C28H33FN6OS. The number of amides is 1. The topological polar surface area (TPSA) is 55.8 Å². The minimum atomic E-state index is -0.179. The number of carbonyl (C=O) groups is 1. The van der Waals surface area contributed by atoms with Crippen LogP contribution in [0.25, 0.3) is 0 Å². The summed E-state index contributed by atoms with van der Waals surface area (Å²) in [5.41, 5.74) is 3.39. The molecule has 37 heavy (non-hydrogen) atoms. The van der Waals surface area contributed by atoms with Crippen LogP contribution in [0.15, 0.2) is 59.8 Å². The number of aryl methyl sites for hydroxylation is 1. The van der Waals surface area contributed by atoms with Crippen LogP contribution in [0.1, 0.15) is 21.6 Å². The van der Waals surface area contributed by atoms with Gasteiger partial charge in [-0.3, -0.25) is 4.79 Å². The van der Waals surface area contributed by atoms with Crippen molar-refractivity contribution in [3.8, 4) is 0 Å². The van der Waals surface area contributed by atoms with E-state index in [2.05, 4.69) is 26.7 Å². The van der Waals surface area contributed by atoms with E-state index in [0.717, 1.165) is 80.2 Å². The molecule has 2 aliphatic heterocycles. The second-order valence-corrected chi connectivity index (χ2v) is 10.6. The number of aromatic nitrogens is 2. The van der Waals surface area contributed by atoms with Crippen molar-refractivity contribution in [2.75, 3.05) is 69.2 Å². The van der Waals surface area contributed by atoms with Crippen LogP contribution in [0.5, 0.6) is 0 Å². The Labute approximate surface area is 222 Å². The van der Waals surface area contributed by atoms with Crippen molar-refractivity contribution in [3.05, 3.63) is 77.2 Å². The molecule has 0 atom stereocenters. The summed E-state index contributed by atoms with van der Waals surface area (Å²) >= 11 is 1.58. The summed E-state index contributed by atoms with van der Waals surface area (Å²) < 4.78 is 14.2. The van der Waals surface area contributed by atoms with Crippen LogP contribution in [0.3, 0.4) is 0 Å². The van der Waals surface area contributed by atoms with Gasteiger partial charge >= 0.3 is 0 Å². The summed E-state index contributed by atoms with van der Waals surface area (Å²) in [6.45, 7) is 8.35. The molecule has 1 amide bonds. The van der Waals surface area contributed by atoms with Crippen LogP contribution in [-0.2, 0) is 5.75 Å². The summed E-state index contributed by atoms with van der Waals surface area (Å²) in [5, 5.41) is 0.724. The number of likely N-dealkylation sites (N-methyl/N-ethyl adjacent to an activating group) is 1. The molecule has 3 heterocycles. The largest absolute Gasteiger partial charge is 0.366 e. The van der Waals surface area contributed by atoms with E-state index in [-0.39, 0.29) is 11.7 Å². The number of nitrogens with zero attached hydrogens (tertiary/aromatic N) is 6. The normalized spacial score (nSPS) is 16.8. The quantitative estimate of drug-likeness (QED) is 0.361. The molecule has 1 aromatic heterocycles. The van der Waals surface area contributed by atoms with Crippen molar-refractivity contribution in [2.45, 2.75) is 17.8 Å². The van der Waals surface area contributed by atoms with Crippen LogP contribution >= 0.6 is 11.8 Å². The summed E-state index contributed by atoms with van der Waals surface area (Å²) in [6.07, 6.45) is 0. The molecule has 0 aliphatic carbocycles. The van der Waals surface area contributed by atoms with Gasteiger partial charge in [0.15, 0.2) is 5.16 Å². The smallest absolute Gasteiger partial charge is 0.253 e. The lowest BCUT2D eigenvalue weighted by Crippen LogP contribution is -2.47. The van der Waals surface area contributed by atoms with Gasteiger partial charge in [0.2, 0.25) is 0 Å². The molecule has 2 aliphatic rings. The minimum Gasteiger partial charge on any atom is -0.366 e. The zero-order valence-corrected chi connectivity index (χ0v) is 22.3. The van der Waals surface area contributed by atoms with Crippen LogP contribution < -0.4 is 9.80 Å². The highest BCUT2D eigenvalue weighted by molar-refractivity contribution is 7.98. The van der Waals surface area contributed by atoms with E-state index >= 15 is 0 Å². The highest BCUT2D eigenvalue weighted by Gasteiger charge is 2.22. The van der Waals surface area contributed by atoms with Gasteiger partial charge in [-0.2, -0.15) is 0 Å². The highest BCUT2D eigenvalue weighted by Crippen LogP contribution is 2.26. The molecule has 0 saturated carbocycles. The third-order valence-electron chi connectivity index (χ3n) is 6.95. The zero-order chi connectivity index (χ0) is 25.8. The number of thioether (sulfide) groups is 1. The standard InChI is InChI=1S/C28H33FN6OS/c1-21-18-26(34-16-14-33(15-17-34)25-9-4-3-8-24(25)29)31-28(30-21)37-20-22-6-5-7-23(19-22)27(36)35-12-10-32(2)11-13-35/h3-9,18-19H,10-17,20H2,1-2H3. The molecule has 194 valence electrons. The van der Waals surface area contributed by atoms with Gasteiger partial charge in [-0.25, -0.2) is 14.4 Å². The summed E-state index contributed by atoms with van der Waals surface area (Å²) in [6, 6.07) is 16.9. The van der Waals surface area contributed by atoms with Crippen LogP contribution in [0.2, 0.25) is 0 Å². The molecule has 0 N–H and O–H groups in total. The molecule has 0 unspecified atom stereocenters. The average Bonchev–Trinajstić information content (AvgIpc) is 2.92. The number of anilines is 2. The molecule has 3 aromatic rings. The Kier molecular flexibility index (Phi) is 7.90. The SMILES string of the molecule is Cc1cc(N2CCN(c3ccccc3F)CC2)nc(SCc2cccc(C(=O)N3CCN(C)CC3)c2)n1. The Balaban J connectivity index is 1.21. The number of hydrogen-bond donors (Lipinski definition) is 0. The lowest BCUT2D eigenvalue weighted by atomic mass is 10.1. The minimum absolute atomic E-state index is 0.101. The second-order valence-electron chi connectivity index (χ2n) is 9.66. The predicted octanol–water partition coefficient (Wildman–Crippen LogP) is 3.93. The first-order valence-corrected chi connectivity index (χ1v) is 13.7. The number of para-hydroxylation sites is 1. The molecule has 0 bridgehead atoms. The van der Waals surface area contributed by atoms with Crippen molar-refractivity contribution in [1.29, 1.82) is 0 Å². The summed E-state index contributed by atoms with van der Waals surface area (Å²) in [7, 11) is 2.09. The highest BCUT2D eigenvalue weighted by atomic mass is 32.2. The van der Waals surface area contributed by atoms with E-state index in [1.807, 2.05) is 54.3 Å². The van der Waals surface area contributed by atoms with Crippen molar-refractivity contribution >= 4 is 29.2 Å². The van der Waals surface area contributed by atoms with E-state index in [1.165, 1.54) is 6.07 Å². The van der Waals surface area contributed by atoms with Crippen molar-refractivity contribution < 1.29 is 9.18 Å². The molecule has 5 rings (SSSR count). The van der Waals surface area contributed by atoms with E-state index in [4.69, 9.17) is 4.98 Å². The predicted molar refractivity (Wildman–Crippen MR) is 147 cm³/mol. The molecule has 2 aromatic carbocycles. The Morgan fingerprint density at radius 2 is 1.62 bits per heavy atom. The van der Waals surface area contributed by atoms with Crippen LogP contribution in [-0.4, -0.2) is 85.1 Å². The van der Waals surface area contributed by atoms with Gasteiger partial charge in [0.05, 0.1) is 5.69 Å². The lowest BCUT2D eigenvalue weighted by Gasteiger charge is -2.37. The van der Waals surface area contributed by atoms with Gasteiger partial charge in [-0.15, -0.1) is 0 Å². The first-order valence-electron chi connectivity index (χ1n) is 12.8. The molecule has 2 saturated heterocycles. The van der Waals surface area contributed by atoms with Gasteiger partial charge in [-0.05, 0) is 43.8 Å². The van der Waals surface area contributed by atoms with Gasteiger partial charge in [-0.1, -0.05) is 36.0 Å². The fourth-order valence-corrected chi connectivity index (χ4v) is 5.61. The lowest BCUT2D eigenvalue weighted by molar-refractivity contribution is 0.0664. The Morgan fingerprint density at radius 3 is 2.38 bits per heavy atom. The summed E-state index contributed by atoms with van der Waals surface area (Å²) in [5.74, 6) is 1.51. The molecule has 2 fully saturated rings. The molecular weight excluding hydrogens is 487 g/mol. The molecule has 0 spiro atoms. The van der Waals surface area contributed by atoms with Crippen molar-refractivity contribution in [3.63, 3.8) is 0 Å². The maximum atomic E-state index is 14.2. The number of piperazine rings is 2. The molecule has 9 heteroatoms.